The molecule has 0 bridgehead atoms. The van der Waals surface area contributed by atoms with Crippen LogP contribution in [0.2, 0.25) is 0 Å². The number of nitrogens with zero attached hydrogens (tertiary/aromatic N) is 1. The van der Waals surface area contributed by atoms with Crippen molar-refractivity contribution in [3.05, 3.63) is 71.9 Å². The fourth-order valence-electron chi connectivity index (χ4n) is 2.69. The van der Waals surface area contributed by atoms with E-state index in [9.17, 15) is 5.11 Å². The second kappa shape index (κ2) is 6.12. The highest BCUT2D eigenvalue weighted by Crippen LogP contribution is 2.20. The minimum absolute atomic E-state index is 0.457. The second-order valence-corrected chi connectivity index (χ2v) is 5.48. The summed E-state index contributed by atoms with van der Waals surface area (Å²) in [6.45, 7) is 1.43. The first-order chi connectivity index (χ1) is 10.2. The van der Waals surface area contributed by atoms with Gasteiger partial charge in [0.1, 0.15) is 0 Å². The van der Waals surface area contributed by atoms with E-state index in [2.05, 4.69) is 34.3 Å². The van der Waals surface area contributed by atoms with Crippen molar-refractivity contribution in [2.45, 2.75) is 12.6 Å². The molecule has 0 saturated heterocycles. The zero-order valence-corrected chi connectivity index (χ0v) is 12.2. The quantitative estimate of drug-likeness (QED) is 0.752. The lowest BCUT2D eigenvalue weighted by Crippen LogP contribution is -2.24. The van der Waals surface area contributed by atoms with Gasteiger partial charge in [0.15, 0.2) is 0 Å². The number of hydrogen-bond donors (Lipinski definition) is 2. The summed E-state index contributed by atoms with van der Waals surface area (Å²) in [4.78, 5) is 5.44. The first-order valence-corrected chi connectivity index (χ1v) is 7.20. The van der Waals surface area contributed by atoms with Gasteiger partial charge in [-0.15, -0.1) is 0 Å². The van der Waals surface area contributed by atoms with Crippen LogP contribution in [0.3, 0.4) is 0 Å². The van der Waals surface area contributed by atoms with Crippen molar-refractivity contribution in [2.75, 3.05) is 13.6 Å². The molecule has 3 nitrogen and oxygen atoms in total. The highest BCUT2D eigenvalue weighted by atomic mass is 16.3. The Bertz CT molecular complexity index is 705. The fourth-order valence-corrected chi connectivity index (χ4v) is 2.69. The van der Waals surface area contributed by atoms with Crippen LogP contribution in [-0.4, -0.2) is 28.6 Å². The molecule has 0 aliphatic heterocycles. The van der Waals surface area contributed by atoms with Crippen molar-refractivity contribution in [1.82, 2.24) is 9.88 Å². The van der Waals surface area contributed by atoms with E-state index < -0.39 is 6.10 Å². The number of aromatic nitrogens is 1. The number of aliphatic hydroxyl groups excluding tert-OH is 1. The lowest BCUT2D eigenvalue weighted by atomic mass is 10.1. The normalized spacial score (nSPS) is 12.9. The van der Waals surface area contributed by atoms with Gasteiger partial charge in [0.25, 0.3) is 0 Å². The molecule has 1 atom stereocenters. The zero-order chi connectivity index (χ0) is 14.7. The number of fused-ring (bicyclic) bond motifs is 1. The summed E-state index contributed by atoms with van der Waals surface area (Å²) in [5.74, 6) is 0. The third-order valence-electron chi connectivity index (χ3n) is 3.78. The van der Waals surface area contributed by atoms with Crippen LogP contribution in [0.1, 0.15) is 17.2 Å². The Kier molecular flexibility index (Phi) is 4.04. The summed E-state index contributed by atoms with van der Waals surface area (Å²) in [6.07, 6.45) is 1.59. The van der Waals surface area contributed by atoms with Crippen molar-refractivity contribution in [2.24, 2.45) is 0 Å². The van der Waals surface area contributed by atoms with Crippen molar-refractivity contribution >= 4 is 10.9 Å². The molecule has 0 aliphatic carbocycles. The molecule has 3 heteroatoms. The maximum Gasteiger partial charge on any atom is 0.0916 e. The van der Waals surface area contributed by atoms with E-state index in [1.165, 1.54) is 10.9 Å². The third-order valence-corrected chi connectivity index (χ3v) is 3.78. The maximum atomic E-state index is 10.3. The second-order valence-electron chi connectivity index (χ2n) is 5.48. The van der Waals surface area contributed by atoms with Gasteiger partial charge in [0.05, 0.1) is 6.10 Å². The number of H-pyrrole nitrogens is 1. The average molecular weight is 280 g/mol. The molecular formula is C18H20N2O. The molecule has 3 aromatic rings. The molecule has 0 fully saturated rings. The number of aliphatic hydroxyl groups is 1. The van der Waals surface area contributed by atoms with Gasteiger partial charge in [-0.1, -0.05) is 48.5 Å². The van der Waals surface area contributed by atoms with Gasteiger partial charge in [-0.05, 0) is 24.2 Å². The molecular weight excluding hydrogens is 260 g/mol. The monoisotopic (exact) mass is 280 g/mol. The molecule has 0 radical (unpaired) electrons. The van der Waals surface area contributed by atoms with E-state index in [1.807, 2.05) is 43.4 Å². The van der Waals surface area contributed by atoms with Crippen LogP contribution in [0.4, 0.5) is 0 Å². The predicted octanol–water partition coefficient (Wildman–Crippen LogP) is 3.33. The molecule has 3 rings (SSSR count). The number of hydrogen-bond acceptors (Lipinski definition) is 2. The Morgan fingerprint density at radius 1 is 1.05 bits per heavy atom. The molecule has 1 heterocycles. The fraction of sp³-hybridized carbons (Fsp3) is 0.222. The molecule has 1 unspecified atom stereocenters. The molecule has 108 valence electrons. The highest BCUT2D eigenvalue weighted by Gasteiger charge is 2.12. The maximum absolute atomic E-state index is 10.3. The van der Waals surface area contributed by atoms with Gasteiger partial charge in [-0.3, -0.25) is 4.90 Å². The smallest absolute Gasteiger partial charge is 0.0916 e. The summed E-state index contributed by atoms with van der Waals surface area (Å²) < 4.78 is 0. The standard InChI is InChI=1S/C18H20N2O/c1-20(13-18(21)14-7-3-2-4-8-14)12-15-11-19-17-10-6-5-9-16(15)17/h2-11,18-19,21H,12-13H2,1H3. The van der Waals surface area contributed by atoms with E-state index in [-0.39, 0.29) is 0 Å². The molecule has 2 N–H and O–H groups in total. The van der Waals surface area contributed by atoms with Gasteiger partial charge in [-0.2, -0.15) is 0 Å². The van der Waals surface area contributed by atoms with Crippen molar-refractivity contribution < 1.29 is 5.11 Å². The van der Waals surface area contributed by atoms with E-state index in [0.29, 0.717) is 6.54 Å². The number of likely N-dealkylation sites (N-methyl/N-ethyl adjacent to an activating group) is 1. The number of para-hydroxylation sites is 1. The molecule has 0 saturated carbocycles. The van der Waals surface area contributed by atoms with Crippen LogP contribution < -0.4 is 0 Å². The van der Waals surface area contributed by atoms with Crippen LogP contribution in [0.15, 0.2) is 60.8 Å². The molecule has 0 aliphatic rings. The number of aromatic amines is 1. The van der Waals surface area contributed by atoms with E-state index in [1.54, 1.807) is 0 Å². The number of rotatable bonds is 5. The van der Waals surface area contributed by atoms with Gasteiger partial charge in [-0.25, -0.2) is 0 Å². The highest BCUT2D eigenvalue weighted by molar-refractivity contribution is 5.82. The third kappa shape index (κ3) is 3.15. The van der Waals surface area contributed by atoms with Gasteiger partial charge >= 0.3 is 0 Å². The van der Waals surface area contributed by atoms with Gasteiger partial charge in [0.2, 0.25) is 0 Å². The van der Waals surface area contributed by atoms with Crippen LogP contribution in [0.5, 0.6) is 0 Å². The van der Waals surface area contributed by atoms with Crippen molar-refractivity contribution in [1.29, 1.82) is 0 Å². The van der Waals surface area contributed by atoms with Crippen LogP contribution in [0, 0.1) is 0 Å². The minimum Gasteiger partial charge on any atom is -0.387 e. The van der Waals surface area contributed by atoms with Crippen molar-refractivity contribution in [3.8, 4) is 0 Å². The molecule has 2 aromatic carbocycles. The minimum atomic E-state index is -0.457. The van der Waals surface area contributed by atoms with Gasteiger partial charge < -0.3 is 10.1 Å². The Balaban J connectivity index is 1.68. The van der Waals surface area contributed by atoms with E-state index in [4.69, 9.17) is 0 Å². The summed E-state index contributed by atoms with van der Waals surface area (Å²) in [7, 11) is 2.04. The summed E-state index contributed by atoms with van der Waals surface area (Å²) in [5, 5.41) is 11.5. The molecule has 1 aromatic heterocycles. The first-order valence-electron chi connectivity index (χ1n) is 7.20. The van der Waals surface area contributed by atoms with Crippen LogP contribution in [-0.2, 0) is 6.54 Å². The van der Waals surface area contributed by atoms with Crippen molar-refractivity contribution in [3.63, 3.8) is 0 Å². The lowest BCUT2D eigenvalue weighted by Gasteiger charge is -2.20. The Labute approximate surface area is 124 Å². The first kappa shape index (κ1) is 13.9. The summed E-state index contributed by atoms with van der Waals surface area (Å²) in [6, 6.07) is 18.1. The van der Waals surface area contributed by atoms with Gasteiger partial charge in [0, 0.05) is 30.2 Å². The van der Waals surface area contributed by atoms with Crippen LogP contribution in [0.25, 0.3) is 10.9 Å². The SMILES string of the molecule is CN(Cc1c[nH]c2ccccc12)CC(O)c1ccccc1. The Hall–Kier alpha value is -2.10. The predicted molar refractivity (Wildman–Crippen MR) is 86.0 cm³/mol. The summed E-state index contributed by atoms with van der Waals surface area (Å²) in [5.41, 5.74) is 3.38. The van der Waals surface area contributed by atoms with E-state index in [0.717, 1.165) is 17.6 Å². The lowest BCUT2D eigenvalue weighted by molar-refractivity contribution is 0.124. The summed E-state index contributed by atoms with van der Waals surface area (Å²) >= 11 is 0. The average Bonchev–Trinajstić information content (AvgIpc) is 2.91. The Morgan fingerprint density at radius 2 is 1.76 bits per heavy atom. The van der Waals surface area contributed by atoms with Crippen LogP contribution >= 0.6 is 0 Å². The number of nitrogens with one attached hydrogen (secondary N) is 1. The Morgan fingerprint density at radius 3 is 2.57 bits per heavy atom. The topological polar surface area (TPSA) is 39.3 Å². The molecule has 21 heavy (non-hydrogen) atoms. The van der Waals surface area contributed by atoms with E-state index >= 15 is 0 Å². The molecule has 0 spiro atoms. The zero-order valence-electron chi connectivity index (χ0n) is 12.2. The largest absolute Gasteiger partial charge is 0.387 e. The number of benzene rings is 2. The molecule has 0 amide bonds.